The molecule has 1 aromatic carbocycles. The molecule has 0 aliphatic carbocycles. The Hall–Kier alpha value is -2.56. The molecule has 0 saturated heterocycles. The van der Waals surface area contributed by atoms with Crippen LogP contribution in [-0.2, 0) is 16.6 Å². The molecule has 120 valence electrons. The largest absolute Gasteiger partial charge is 0.469 e. The summed E-state index contributed by atoms with van der Waals surface area (Å²) in [5.41, 5.74) is 2.05. The molecule has 0 aliphatic rings. The summed E-state index contributed by atoms with van der Waals surface area (Å²) in [7, 11) is 0. The van der Waals surface area contributed by atoms with E-state index in [1.807, 2.05) is 30.3 Å². The molecular formula is C18H20N2O3. The van der Waals surface area contributed by atoms with E-state index in [-0.39, 0.29) is 11.3 Å². The molecule has 0 atom stereocenters. The van der Waals surface area contributed by atoms with Crippen LogP contribution in [0.3, 0.4) is 0 Å². The lowest BCUT2D eigenvalue weighted by molar-refractivity contribution is -0.116. The van der Waals surface area contributed by atoms with E-state index < -0.39 is 0 Å². The minimum absolute atomic E-state index is 0.0553. The quantitative estimate of drug-likeness (QED) is 0.780. The molecule has 5 nitrogen and oxygen atoms in total. The number of aryl methyl sites for hydroxylation is 1. The Bertz CT molecular complexity index is 811. The molecule has 0 fully saturated rings. The van der Waals surface area contributed by atoms with Crippen molar-refractivity contribution in [3.8, 4) is 0 Å². The zero-order chi connectivity index (χ0) is 16.4. The van der Waals surface area contributed by atoms with Gasteiger partial charge in [-0.2, -0.15) is 0 Å². The van der Waals surface area contributed by atoms with Crippen LogP contribution in [0.5, 0.6) is 0 Å². The maximum atomic E-state index is 12.0. The first-order chi connectivity index (χ1) is 10.9. The van der Waals surface area contributed by atoms with Gasteiger partial charge in [-0.05, 0) is 30.3 Å². The first-order valence-electron chi connectivity index (χ1n) is 7.65. The standard InChI is InChI=1S/C18H20N2O3/c1-18(2,3)17-20-14-11-12(6-8-15(14)23-17)19-16(21)9-7-13-5-4-10-22-13/h4-6,8,10-11H,7,9H2,1-3H3,(H,19,21). The van der Waals surface area contributed by atoms with Crippen molar-refractivity contribution < 1.29 is 13.6 Å². The third-order valence-corrected chi connectivity index (χ3v) is 3.49. The molecule has 1 amide bonds. The number of hydrogen-bond donors (Lipinski definition) is 1. The summed E-state index contributed by atoms with van der Waals surface area (Å²) in [6.45, 7) is 6.15. The molecule has 2 heterocycles. The lowest BCUT2D eigenvalue weighted by Crippen LogP contribution is -2.12. The van der Waals surface area contributed by atoms with E-state index in [1.165, 1.54) is 0 Å². The van der Waals surface area contributed by atoms with E-state index in [2.05, 4.69) is 31.1 Å². The van der Waals surface area contributed by atoms with E-state index in [0.717, 1.165) is 22.5 Å². The number of anilines is 1. The van der Waals surface area contributed by atoms with Crippen molar-refractivity contribution in [3.05, 3.63) is 48.2 Å². The number of benzene rings is 1. The summed E-state index contributed by atoms with van der Waals surface area (Å²) in [5, 5.41) is 2.88. The monoisotopic (exact) mass is 312 g/mol. The normalized spacial score (nSPS) is 11.8. The lowest BCUT2D eigenvalue weighted by Gasteiger charge is -2.11. The first kappa shape index (κ1) is 15.3. The number of nitrogens with one attached hydrogen (secondary N) is 1. The van der Waals surface area contributed by atoms with Crippen molar-refractivity contribution in [2.45, 2.75) is 39.0 Å². The van der Waals surface area contributed by atoms with Gasteiger partial charge >= 0.3 is 0 Å². The minimum atomic E-state index is -0.147. The topological polar surface area (TPSA) is 68.3 Å². The van der Waals surface area contributed by atoms with Crippen molar-refractivity contribution in [1.82, 2.24) is 4.98 Å². The highest BCUT2D eigenvalue weighted by Crippen LogP contribution is 2.27. The van der Waals surface area contributed by atoms with Crippen LogP contribution in [0.1, 0.15) is 38.8 Å². The molecule has 0 radical (unpaired) electrons. The highest BCUT2D eigenvalue weighted by atomic mass is 16.3. The van der Waals surface area contributed by atoms with Crippen LogP contribution in [-0.4, -0.2) is 10.9 Å². The smallest absolute Gasteiger partial charge is 0.224 e. The molecule has 0 bridgehead atoms. The number of amides is 1. The molecule has 3 rings (SSSR count). The van der Waals surface area contributed by atoms with E-state index in [0.29, 0.717) is 18.7 Å². The second-order valence-corrected chi connectivity index (χ2v) is 6.58. The zero-order valence-electron chi connectivity index (χ0n) is 13.6. The van der Waals surface area contributed by atoms with Crippen LogP contribution in [0.4, 0.5) is 5.69 Å². The van der Waals surface area contributed by atoms with Gasteiger partial charge < -0.3 is 14.2 Å². The Morgan fingerprint density at radius 3 is 2.78 bits per heavy atom. The molecule has 3 aromatic rings. The molecular weight excluding hydrogens is 292 g/mol. The second-order valence-electron chi connectivity index (χ2n) is 6.58. The fraction of sp³-hybridized carbons (Fsp3) is 0.333. The van der Waals surface area contributed by atoms with Crippen molar-refractivity contribution in [2.75, 3.05) is 5.32 Å². The van der Waals surface area contributed by atoms with Crippen LogP contribution in [0.25, 0.3) is 11.1 Å². The number of aromatic nitrogens is 1. The number of fused-ring (bicyclic) bond motifs is 1. The SMILES string of the molecule is CC(C)(C)c1nc2cc(NC(=O)CCc3ccco3)ccc2o1. The van der Waals surface area contributed by atoms with Gasteiger partial charge in [0, 0.05) is 23.9 Å². The fourth-order valence-corrected chi connectivity index (χ4v) is 2.24. The molecule has 0 aliphatic heterocycles. The number of furan rings is 1. The van der Waals surface area contributed by atoms with Crippen LogP contribution in [0.2, 0.25) is 0 Å². The van der Waals surface area contributed by atoms with Crippen LogP contribution in [0, 0.1) is 0 Å². The number of carbonyl (C=O) groups excluding carboxylic acids is 1. The van der Waals surface area contributed by atoms with Gasteiger partial charge in [-0.1, -0.05) is 20.8 Å². The Morgan fingerprint density at radius 1 is 1.26 bits per heavy atom. The average Bonchev–Trinajstić information content (AvgIpc) is 3.13. The van der Waals surface area contributed by atoms with Crippen LogP contribution >= 0.6 is 0 Å². The number of nitrogens with zero attached hydrogens (tertiary/aromatic N) is 1. The minimum Gasteiger partial charge on any atom is -0.469 e. The lowest BCUT2D eigenvalue weighted by atomic mass is 9.97. The maximum Gasteiger partial charge on any atom is 0.224 e. The molecule has 2 aromatic heterocycles. The molecule has 5 heteroatoms. The first-order valence-corrected chi connectivity index (χ1v) is 7.65. The van der Waals surface area contributed by atoms with Crippen molar-refractivity contribution in [2.24, 2.45) is 0 Å². The summed E-state index contributed by atoms with van der Waals surface area (Å²) in [5.74, 6) is 1.44. The Morgan fingerprint density at radius 2 is 2.09 bits per heavy atom. The van der Waals surface area contributed by atoms with Gasteiger partial charge in [-0.3, -0.25) is 4.79 Å². The Balaban J connectivity index is 1.69. The van der Waals surface area contributed by atoms with Crippen molar-refractivity contribution in [3.63, 3.8) is 0 Å². The fourth-order valence-electron chi connectivity index (χ4n) is 2.24. The highest BCUT2D eigenvalue weighted by molar-refractivity contribution is 5.92. The summed E-state index contributed by atoms with van der Waals surface area (Å²) in [4.78, 5) is 16.5. The predicted octanol–water partition coefficient (Wildman–Crippen LogP) is 4.29. The summed E-state index contributed by atoms with van der Waals surface area (Å²) in [6, 6.07) is 9.17. The number of rotatable bonds is 4. The zero-order valence-corrected chi connectivity index (χ0v) is 13.6. The van der Waals surface area contributed by atoms with Crippen LogP contribution in [0.15, 0.2) is 45.4 Å². The summed E-state index contributed by atoms with van der Waals surface area (Å²) in [6.07, 6.45) is 2.56. The second kappa shape index (κ2) is 5.91. The third-order valence-electron chi connectivity index (χ3n) is 3.49. The van der Waals surface area contributed by atoms with Gasteiger partial charge in [-0.15, -0.1) is 0 Å². The molecule has 23 heavy (non-hydrogen) atoms. The maximum absolute atomic E-state index is 12.0. The van der Waals surface area contributed by atoms with Gasteiger partial charge in [0.25, 0.3) is 0 Å². The van der Waals surface area contributed by atoms with E-state index in [1.54, 1.807) is 6.26 Å². The van der Waals surface area contributed by atoms with Crippen molar-refractivity contribution in [1.29, 1.82) is 0 Å². The highest BCUT2D eigenvalue weighted by Gasteiger charge is 2.21. The van der Waals surface area contributed by atoms with E-state index in [4.69, 9.17) is 8.83 Å². The molecule has 1 N–H and O–H groups in total. The van der Waals surface area contributed by atoms with Gasteiger partial charge in [0.05, 0.1) is 6.26 Å². The number of oxazole rings is 1. The number of carbonyl (C=O) groups is 1. The molecule has 0 spiro atoms. The van der Waals surface area contributed by atoms with Gasteiger partial charge in [-0.25, -0.2) is 4.98 Å². The van der Waals surface area contributed by atoms with E-state index in [9.17, 15) is 4.79 Å². The van der Waals surface area contributed by atoms with Gasteiger partial charge in [0.15, 0.2) is 5.58 Å². The Labute approximate surface area is 134 Å². The third kappa shape index (κ3) is 3.62. The van der Waals surface area contributed by atoms with Crippen LogP contribution < -0.4 is 5.32 Å². The predicted molar refractivity (Wildman–Crippen MR) is 88.4 cm³/mol. The summed E-state index contributed by atoms with van der Waals surface area (Å²) < 4.78 is 11.0. The van der Waals surface area contributed by atoms with Crippen molar-refractivity contribution >= 4 is 22.7 Å². The van der Waals surface area contributed by atoms with E-state index >= 15 is 0 Å². The molecule has 0 unspecified atom stereocenters. The average molecular weight is 312 g/mol. The van der Waals surface area contributed by atoms with Gasteiger partial charge in [0.1, 0.15) is 11.3 Å². The molecule has 0 saturated carbocycles. The van der Waals surface area contributed by atoms with Gasteiger partial charge in [0.2, 0.25) is 11.8 Å². The summed E-state index contributed by atoms with van der Waals surface area (Å²) >= 11 is 0. The Kier molecular flexibility index (Phi) is 3.94. The number of hydrogen-bond acceptors (Lipinski definition) is 4.